The van der Waals surface area contributed by atoms with Crippen molar-refractivity contribution in [3.8, 4) is 11.3 Å². The third kappa shape index (κ3) is 4.55. The molecule has 0 bridgehead atoms. The normalized spacial score (nSPS) is 18.1. The quantitative estimate of drug-likeness (QED) is 0.842. The number of halogens is 1. The van der Waals surface area contributed by atoms with Crippen LogP contribution in [-0.2, 0) is 4.79 Å². The number of piperidine rings is 1. The summed E-state index contributed by atoms with van der Waals surface area (Å²) >= 11 is 6.09. The molecule has 6 heteroatoms. The van der Waals surface area contributed by atoms with Gasteiger partial charge in [0, 0.05) is 43.3 Å². The number of aromatic nitrogens is 2. The second-order valence-electron chi connectivity index (χ2n) is 6.70. The molecule has 3 rings (SSSR count). The van der Waals surface area contributed by atoms with Gasteiger partial charge in [0.1, 0.15) is 0 Å². The minimum Gasteiger partial charge on any atom is -0.348 e. The predicted molar refractivity (Wildman–Crippen MR) is 99.6 cm³/mol. The van der Waals surface area contributed by atoms with Crippen LogP contribution < -0.4 is 0 Å². The van der Waals surface area contributed by atoms with Gasteiger partial charge in [0.2, 0.25) is 5.91 Å². The fourth-order valence-electron chi connectivity index (χ4n) is 3.14. The molecule has 2 heterocycles. The van der Waals surface area contributed by atoms with Gasteiger partial charge in [-0.15, -0.1) is 0 Å². The molecule has 0 radical (unpaired) electrons. The van der Waals surface area contributed by atoms with Crippen LogP contribution in [0.3, 0.4) is 0 Å². The molecule has 0 unspecified atom stereocenters. The van der Waals surface area contributed by atoms with E-state index in [1.807, 2.05) is 30.5 Å². The highest BCUT2D eigenvalue weighted by Gasteiger charge is 2.24. The Kier molecular flexibility index (Phi) is 5.66. The Morgan fingerprint density at radius 1 is 1.36 bits per heavy atom. The molecule has 1 atom stereocenters. The minimum absolute atomic E-state index is 0.138. The van der Waals surface area contributed by atoms with Crippen LogP contribution in [0.2, 0.25) is 5.02 Å². The SMILES string of the molecule is CN(C)C(=O)CN1CCC[C@@H](c2cncc(-c3cccc(Cl)c3)n2)C1. The number of nitrogens with zero attached hydrogens (tertiary/aromatic N) is 4. The lowest BCUT2D eigenvalue weighted by molar-refractivity contribution is -0.130. The second kappa shape index (κ2) is 7.93. The lowest BCUT2D eigenvalue weighted by atomic mass is 9.94. The average molecular weight is 359 g/mol. The molecular weight excluding hydrogens is 336 g/mol. The zero-order valence-electron chi connectivity index (χ0n) is 14.7. The summed E-state index contributed by atoms with van der Waals surface area (Å²) in [5.41, 5.74) is 2.79. The first-order chi connectivity index (χ1) is 12.0. The molecule has 1 aliphatic rings. The largest absolute Gasteiger partial charge is 0.348 e. The smallest absolute Gasteiger partial charge is 0.236 e. The van der Waals surface area contributed by atoms with Gasteiger partial charge in [-0.3, -0.25) is 14.7 Å². The number of hydrogen-bond acceptors (Lipinski definition) is 4. The Balaban J connectivity index is 1.75. The highest BCUT2D eigenvalue weighted by Crippen LogP contribution is 2.27. The van der Waals surface area contributed by atoms with E-state index in [-0.39, 0.29) is 5.91 Å². The molecule has 0 aliphatic carbocycles. The van der Waals surface area contributed by atoms with E-state index in [1.54, 1.807) is 25.2 Å². The summed E-state index contributed by atoms with van der Waals surface area (Å²) in [7, 11) is 3.59. The van der Waals surface area contributed by atoms with Gasteiger partial charge in [0.25, 0.3) is 0 Å². The van der Waals surface area contributed by atoms with Gasteiger partial charge in [-0.05, 0) is 31.5 Å². The number of amides is 1. The van der Waals surface area contributed by atoms with E-state index in [4.69, 9.17) is 16.6 Å². The molecule has 1 saturated heterocycles. The summed E-state index contributed by atoms with van der Waals surface area (Å²) in [6, 6.07) is 7.66. The summed E-state index contributed by atoms with van der Waals surface area (Å²) < 4.78 is 0. The number of likely N-dealkylation sites (tertiary alicyclic amines) is 1. The van der Waals surface area contributed by atoms with Crippen molar-refractivity contribution in [3.63, 3.8) is 0 Å². The highest BCUT2D eigenvalue weighted by molar-refractivity contribution is 6.30. The monoisotopic (exact) mass is 358 g/mol. The number of carbonyl (C=O) groups excluding carboxylic acids is 1. The molecule has 1 aromatic heterocycles. The van der Waals surface area contributed by atoms with Crippen LogP contribution in [0, 0.1) is 0 Å². The first kappa shape index (κ1) is 17.8. The molecular formula is C19H23ClN4O. The van der Waals surface area contributed by atoms with E-state index < -0.39 is 0 Å². The Bertz CT molecular complexity index is 750. The molecule has 5 nitrogen and oxygen atoms in total. The van der Waals surface area contributed by atoms with Crippen LogP contribution >= 0.6 is 11.6 Å². The van der Waals surface area contributed by atoms with Crippen molar-refractivity contribution < 1.29 is 4.79 Å². The van der Waals surface area contributed by atoms with Crippen molar-refractivity contribution >= 4 is 17.5 Å². The molecule has 0 N–H and O–H groups in total. The van der Waals surface area contributed by atoms with Crippen molar-refractivity contribution in [2.24, 2.45) is 0 Å². The third-order valence-corrected chi connectivity index (χ3v) is 4.79. The molecule has 1 fully saturated rings. The first-order valence-corrected chi connectivity index (χ1v) is 8.91. The zero-order valence-corrected chi connectivity index (χ0v) is 15.4. The minimum atomic E-state index is 0.138. The lowest BCUT2D eigenvalue weighted by Gasteiger charge is -2.32. The van der Waals surface area contributed by atoms with E-state index in [1.165, 1.54) is 0 Å². The number of rotatable bonds is 4. The van der Waals surface area contributed by atoms with Crippen molar-refractivity contribution in [3.05, 3.63) is 47.4 Å². The van der Waals surface area contributed by atoms with Crippen LogP contribution in [0.5, 0.6) is 0 Å². The van der Waals surface area contributed by atoms with Crippen molar-refractivity contribution in [2.45, 2.75) is 18.8 Å². The average Bonchev–Trinajstić information content (AvgIpc) is 2.62. The van der Waals surface area contributed by atoms with Crippen molar-refractivity contribution in [2.75, 3.05) is 33.7 Å². The maximum Gasteiger partial charge on any atom is 0.236 e. The number of benzene rings is 1. The Labute approximate surface area is 153 Å². The number of carbonyl (C=O) groups is 1. The number of hydrogen-bond donors (Lipinski definition) is 0. The van der Waals surface area contributed by atoms with E-state index in [9.17, 15) is 4.79 Å². The summed E-state index contributed by atoms with van der Waals surface area (Å²) in [5.74, 6) is 0.440. The standard InChI is InChI=1S/C19H23ClN4O/c1-23(2)19(25)13-24-8-4-6-15(12-24)18-11-21-10-17(22-18)14-5-3-7-16(20)9-14/h3,5,7,9-11,15H,4,6,8,12-13H2,1-2H3/t15-/m1/s1. The molecule has 1 aromatic carbocycles. The van der Waals surface area contributed by atoms with Gasteiger partial charge in [-0.1, -0.05) is 23.7 Å². The van der Waals surface area contributed by atoms with Crippen LogP contribution in [0.1, 0.15) is 24.5 Å². The fourth-order valence-corrected chi connectivity index (χ4v) is 3.33. The van der Waals surface area contributed by atoms with Gasteiger partial charge in [0.15, 0.2) is 0 Å². The molecule has 1 amide bonds. The maximum atomic E-state index is 12.0. The van der Waals surface area contributed by atoms with Gasteiger partial charge in [-0.2, -0.15) is 0 Å². The summed E-state index contributed by atoms with van der Waals surface area (Å²) in [5, 5.41) is 0.691. The van der Waals surface area contributed by atoms with Crippen molar-refractivity contribution in [1.82, 2.24) is 19.8 Å². The van der Waals surface area contributed by atoms with Gasteiger partial charge in [0.05, 0.1) is 24.1 Å². The van der Waals surface area contributed by atoms with Crippen LogP contribution in [0.25, 0.3) is 11.3 Å². The zero-order chi connectivity index (χ0) is 17.8. The second-order valence-corrected chi connectivity index (χ2v) is 7.14. The molecule has 132 valence electrons. The molecule has 1 aliphatic heterocycles. The summed E-state index contributed by atoms with van der Waals surface area (Å²) in [6.07, 6.45) is 5.75. The maximum absolute atomic E-state index is 12.0. The molecule has 0 saturated carbocycles. The Hall–Kier alpha value is -1.98. The molecule has 2 aromatic rings. The fraction of sp³-hybridized carbons (Fsp3) is 0.421. The Morgan fingerprint density at radius 2 is 2.20 bits per heavy atom. The Morgan fingerprint density at radius 3 is 2.96 bits per heavy atom. The third-order valence-electron chi connectivity index (χ3n) is 4.56. The first-order valence-electron chi connectivity index (χ1n) is 8.53. The topological polar surface area (TPSA) is 49.3 Å². The highest BCUT2D eigenvalue weighted by atomic mass is 35.5. The van der Waals surface area contributed by atoms with Crippen LogP contribution in [0.4, 0.5) is 0 Å². The van der Waals surface area contributed by atoms with E-state index >= 15 is 0 Å². The van der Waals surface area contributed by atoms with E-state index in [0.717, 1.165) is 42.9 Å². The van der Waals surface area contributed by atoms with Crippen molar-refractivity contribution in [1.29, 1.82) is 0 Å². The van der Waals surface area contributed by atoms with Gasteiger partial charge in [-0.25, -0.2) is 4.98 Å². The van der Waals surface area contributed by atoms with E-state index in [2.05, 4.69) is 9.88 Å². The van der Waals surface area contributed by atoms with Crippen LogP contribution in [-0.4, -0.2) is 59.4 Å². The van der Waals surface area contributed by atoms with Gasteiger partial charge >= 0.3 is 0 Å². The van der Waals surface area contributed by atoms with Gasteiger partial charge < -0.3 is 4.90 Å². The summed E-state index contributed by atoms with van der Waals surface area (Å²) in [6.45, 7) is 2.26. The van der Waals surface area contributed by atoms with Crippen LogP contribution in [0.15, 0.2) is 36.7 Å². The molecule has 25 heavy (non-hydrogen) atoms. The summed E-state index contributed by atoms with van der Waals surface area (Å²) in [4.78, 5) is 25.0. The predicted octanol–water partition coefficient (Wildman–Crippen LogP) is 3.06. The van der Waals surface area contributed by atoms with E-state index in [0.29, 0.717) is 17.5 Å². The lowest BCUT2D eigenvalue weighted by Crippen LogP contribution is -2.41. The number of likely N-dealkylation sites (N-methyl/N-ethyl adjacent to an activating group) is 1. The molecule has 0 spiro atoms.